The normalized spacial score (nSPS) is 19.7. The Labute approximate surface area is 189 Å². The Hall–Kier alpha value is -3.26. The second kappa shape index (κ2) is 6.87. The monoisotopic (exact) mass is 445 g/mol. The first-order valence-corrected chi connectivity index (χ1v) is 11.5. The van der Waals surface area contributed by atoms with E-state index >= 15 is 0 Å². The van der Waals surface area contributed by atoms with Crippen LogP contribution < -0.4 is 5.32 Å². The van der Waals surface area contributed by atoms with Crippen LogP contribution in [0, 0.1) is 12.3 Å². The van der Waals surface area contributed by atoms with Crippen molar-refractivity contribution in [3.8, 4) is 0 Å². The van der Waals surface area contributed by atoms with Gasteiger partial charge < -0.3 is 14.7 Å². The Kier molecular flexibility index (Phi) is 4.17. The number of aromatic amines is 2. The molecule has 162 valence electrons. The van der Waals surface area contributed by atoms with Crippen molar-refractivity contribution in [2.45, 2.75) is 49.8 Å². The molecule has 1 aromatic carbocycles. The van der Waals surface area contributed by atoms with Crippen LogP contribution in [-0.2, 0) is 4.79 Å². The minimum atomic E-state index is -0.267. The number of allylic oxidation sites excluding steroid dienone is 2. The molecule has 3 aromatic heterocycles. The molecule has 1 aliphatic carbocycles. The number of hydrogen-bond acceptors (Lipinski definition) is 6. The Morgan fingerprint density at radius 1 is 1.19 bits per heavy atom. The molecule has 4 aromatic rings. The van der Waals surface area contributed by atoms with E-state index in [4.69, 9.17) is 4.42 Å². The predicted molar refractivity (Wildman–Crippen MR) is 123 cm³/mol. The van der Waals surface area contributed by atoms with Gasteiger partial charge in [-0.2, -0.15) is 5.10 Å². The fourth-order valence-corrected chi connectivity index (χ4v) is 5.54. The van der Waals surface area contributed by atoms with Crippen LogP contribution in [-0.4, -0.2) is 25.9 Å². The lowest BCUT2D eigenvalue weighted by molar-refractivity contribution is -0.118. The number of benzene rings is 1. The molecule has 0 fully saturated rings. The molecule has 4 heterocycles. The van der Waals surface area contributed by atoms with Crippen LogP contribution >= 0.6 is 11.8 Å². The highest BCUT2D eigenvalue weighted by Gasteiger charge is 2.42. The van der Waals surface area contributed by atoms with Gasteiger partial charge in [-0.05, 0) is 60.4 Å². The molecule has 7 nitrogen and oxygen atoms in total. The fourth-order valence-electron chi connectivity index (χ4n) is 4.78. The van der Waals surface area contributed by atoms with E-state index in [1.807, 2.05) is 24.4 Å². The van der Waals surface area contributed by atoms with Gasteiger partial charge in [0.15, 0.2) is 21.8 Å². The molecular weight excluding hydrogens is 422 g/mol. The standard InChI is InChI=1S/C24H23N5O2S/c1-12-4-5-14-15(8-12)28-23(27-14)32-19-7-6-18(31-19)20-13-11-25-29-22(13)26-16-9-24(2,3)10-17(30)21(16)20/h4-8,11,20H,9-10H2,1-3H3,(H,27,28)(H2,25,26,29)/t20-/m0/s1. The fraction of sp³-hybridized carbons (Fsp3) is 0.292. The van der Waals surface area contributed by atoms with Crippen LogP contribution in [0.5, 0.6) is 0 Å². The van der Waals surface area contributed by atoms with Gasteiger partial charge in [0.1, 0.15) is 5.76 Å². The lowest BCUT2D eigenvalue weighted by Crippen LogP contribution is -2.33. The van der Waals surface area contributed by atoms with Crippen LogP contribution in [0.3, 0.4) is 0 Å². The zero-order chi connectivity index (χ0) is 22.0. The molecule has 0 unspecified atom stereocenters. The summed E-state index contributed by atoms with van der Waals surface area (Å²) in [4.78, 5) is 21.2. The number of H-pyrrole nitrogens is 2. The molecule has 3 N–H and O–H groups in total. The van der Waals surface area contributed by atoms with E-state index in [1.165, 1.54) is 17.3 Å². The van der Waals surface area contributed by atoms with Gasteiger partial charge in [0.2, 0.25) is 0 Å². The third-order valence-corrected chi connectivity index (χ3v) is 6.97. The molecule has 6 rings (SSSR count). The molecule has 8 heteroatoms. The highest BCUT2D eigenvalue weighted by Crippen LogP contribution is 2.49. The summed E-state index contributed by atoms with van der Waals surface area (Å²) in [6, 6.07) is 10.1. The molecule has 32 heavy (non-hydrogen) atoms. The van der Waals surface area contributed by atoms with Crippen molar-refractivity contribution in [2.75, 3.05) is 5.32 Å². The van der Waals surface area contributed by atoms with Gasteiger partial charge in [-0.1, -0.05) is 19.9 Å². The van der Waals surface area contributed by atoms with Crippen molar-refractivity contribution in [1.29, 1.82) is 0 Å². The number of fused-ring (bicyclic) bond motifs is 2. The number of nitrogens with zero attached hydrogens (tertiary/aromatic N) is 2. The lowest BCUT2D eigenvalue weighted by Gasteiger charge is -2.37. The summed E-state index contributed by atoms with van der Waals surface area (Å²) in [5, 5.41) is 12.2. The largest absolute Gasteiger partial charge is 0.453 e. The number of rotatable bonds is 3. The van der Waals surface area contributed by atoms with E-state index in [2.05, 4.69) is 58.4 Å². The highest BCUT2D eigenvalue weighted by molar-refractivity contribution is 7.99. The minimum Gasteiger partial charge on any atom is -0.453 e. The summed E-state index contributed by atoms with van der Waals surface area (Å²) >= 11 is 1.44. The molecule has 1 aliphatic heterocycles. The van der Waals surface area contributed by atoms with Crippen LogP contribution in [0.25, 0.3) is 11.0 Å². The Bertz CT molecular complexity index is 1410. The average Bonchev–Trinajstić information content (AvgIpc) is 3.44. The molecule has 0 spiro atoms. The van der Waals surface area contributed by atoms with Gasteiger partial charge in [0.25, 0.3) is 0 Å². The van der Waals surface area contributed by atoms with Gasteiger partial charge in [0.05, 0.1) is 17.0 Å². The predicted octanol–water partition coefficient (Wildman–Crippen LogP) is 5.54. The Morgan fingerprint density at radius 2 is 2.06 bits per heavy atom. The number of furan rings is 1. The molecular formula is C24H23N5O2S. The number of hydrogen-bond donors (Lipinski definition) is 3. The molecule has 2 aliphatic rings. The quantitative estimate of drug-likeness (QED) is 0.383. The molecule has 1 atom stereocenters. The summed E-state index contributed by atoms with van der Waals surface area (Å²) in [7, 11) is 0. The maximum Gasteiger partial charge on any atom is 0.174 e. The van der Waals surface area contributed by atoms with Gasteiger partial charge >= 0.3 is 0 Å². The van der Waals surface area contributed by atoms with Crippen LogP contribution in [0.15, 0.2) is 62.5 Å². The third kappa shape index (κ3) is 3.17. The lowest BCUT2D eigenvalue weighted by atomic mass is 9.70. The molecule has 0 bridgehead atoms. The van der Waals surface area contributed by atoms with Crippen LogP contribution in [0.2, 0.25) is 0 Å². The summed E-state index contributed by atoms with van der Waals surface area (Å²) in [5.41, 5.74) is 5.71. The number of ketones is 1. The average molecular weight is 446 g/mol. The molecule has 0 saturated carbocycles. The number of nitrogens with one attached hydrogen (secondary N) is 3. The first-order valence-electron chi connectivity index (χ1n) is 10.7. The zero-order valence-corrected chi connectivity index (χ0v) is 18.9. The molecule has 0 amide bonds. The van der Waals surface area contributed by atoms with Gasteiger partial charge in [-0.15, -0.1) is 0 Å². The van der Waals surface area contributed by atoms with E-state index in [1.54, 1.807) is 0 Å². The maximum absolute atomic E-state index is 13.2. The van der Waals surface area contributed by atoms with Crippen molar-refractivity contribution in [2.24, 2.45) is 5.41 Å². The minimum absolute atomic E-state index is 0.0783. The van der Waals surface area contributed by atoms with Gasteiger partial charge in [-0.3, -0.25) is 9.89 Å². The van der Waals surface area contributed by atoms with Crippen LogP contribution in [0.4, 0.5) is 5.82 Å². The second-order valence-corrected chi connectivity index (χ2v) is 10.4. The smallest absolute Gasteiger partial charge is 0.174 e. The number of aryl methyl sites for hydroxylation is 1. The Morgan fingerprint density at radius 3 is 2.94 bits per heavy atom. The van der Waals surface area contributed by atoms with E-state index in [-0.39, 0.29) is 17.1 Å². The SMILES string of the molecule is Cc1ccc2[nH]c(Sc3ccc([C@H]4C5=C(CC(C)(C)CC5=O)Nc5n[nH]cc54)o3)nc2c1. The topological polar surface area (TPSA) is 99.6 Å². The third-order valence-electron chi connectivity index (χ3n) is 6.16. The first kappa shape index (κ1) is 19.4. The van der Waals surface area contributed by atoms with E-state index in [0.717, 1.165) is 56.1 Å². The highest BCUT2D eigenvalue weighted by atomic mass is 32.2. The van der Waals surface area contributed by atoms with Gasteiger partial charge in [-0.25, -0.2) is 4.98 Å². The summed E-state index contributed by atoms with van der Waals surface area (Å²) in [6.45, 7) is 6.31. The summed E-state index contributed by atoms with van der Waals surface area (Å²) in [6.07, 6.45) is 3.18. The molecule has 0 radical (unpaired) electrons. The van der Waals surface area contributed by atoms with E-state index < -0.39 is 0 Å². The zero-order valence-electron chi connectivity index (χ0n) is 18.1. The van der Waals surface area contributed by atoms with Crippen molar-refractivity contribution in [3.05, 3.63) is 64.7 Å². The van der Waals surface area contributed by atoms with E-state index in [0.29, 0.717) is 6.42 Å². The van der Waals surface area contributed by atoms with Gasteiger partial charge in [0, 0.05) is 29.5 Å². The number of carbonyl (C=O) groups excluding carboxylic acids is 1. The summed E-state index contributed by atoms with van der Waals surface area (Å²) in [5.74, 6) is 1.40. The maximum atomic E-state index is 13.2. The summed E-state index contributed by atoms with van der Waals surface area (Å²) < 4.78 is 6.27. The van der Waals surface area contributed by atoms with Crippen molar-refractivity contribution in [1.82, 2.24) is 20.2 Å². The molecule has 0 saturated heterocycles. The number of Topliss-reactive ketones (excluding diaryl/α,β-unsaturated/α-hetero) is 1. The first-order chi connectivity index (χ1) is 15.4. The number of imidazole rings is 1. The van der Waals surface area contributed by atoms with Crippen molar-refractivity contribution in [3.63, 3.8) is 0 Å². The number of carbonyl (C=O) groups is 1. The van der Waals surface area contributed by atoms with Crippen LogP contribution in [0.1, 0.15) is 49.5 Å². The number of aromatic nitrogens is 4. The Balaban J connectivity index is 1.36. The second-order valence-electron chi connectivity index (χ2n) is 9.40. The van der Waals surface area contributed by atoms with Crippen molar-refractivity contribution < 1.29 is 9.21 Å². The van der Waals surface area contributed by atoms with Crippen molar-refractivity contribution >= 4 is 34.4 Å². The van der Waals surface area contributed by atoms with E-state index in [9.17, 15) is 4.79 Å². The number of anilines is 1.